The molecule has 0 bridgehead atoms. The Bertz CT molecular complexity index is 508. The molecule has 0 aromatic carbocycles. The fourth-order valence-corrected chi connectivity index (χ4v) is 1.31. The first-order chi connectivity index (χ1) is 7.70. The minimum Gasteiger partial charge on any atom is -0.464 e. The van der Waals surface area contributed by atoms with E-state index in [4.69, 9.17) is 0 Å². The molecule has 16 heavy (non-hydrogen) atoms. The summed E-state index contributed by atoms with van der Waals surface area (Å²) in [7, 11) is 1.29. The number of aromatic nitrogens is 4. The number of nitrogens with zero attached hydrogens (tertiary/aromatic N) is 4. The van der Waals surface area contributed by atoms with Gasteiger partial charge in [-0.2, -0.15) is 0 Å². The van der Waals surface area contributed by atoms with Crippen molar-refractivity contribution < 1.29 is 9.53 Å². The van der Waals surface area contributed by atoms with Gasteiger partial charge in [-0.1, -0.05) is 5.21 Å². The highest BCUT2D eigenvalue weighted by molar-refractivity contribution is 9.10. The van der Waals surface area contributed by atoms with Crippen molar-refractivity contribution in [3.05, 3.63) is 34.7 Å². The summed E-state index contributed by atoms with van der Waals surface area (Å²) in [5.74, 6) is 0.0502. The second kappa shape index (κ2) is 4.40. The van der Waals surface area contributed by atoms with Crippen molar-refractivity contribution in [1.29, 1.82) is 0 Å². The maximum atomic E-state index is 11.1. The minimum atomic E-state index is -0.525. The number of esters is 1. The molecule has 0 saturated carbocycles. The third kappa shape index (κ3) is 2.08. The van der Waals surface area contributed by atoms with E-state index in [9.17, 15) is 4.79 Å². The molecule has 0 amide bonds. The van der Waals surface area contributed by atoms with Crippen molar-refractivity contribution in [3.8, 4) is 5.82 Å². The lowest BCUT2D eigenvalue weighted by molar-refractivity contribution is 0.0594. The summed E-state index contributed by atoms with van der Waals surface area (Å²) < 4.78 is 6.79. The van der Waals surface area contributed by atoms with Crippen LogP contribution in [0.3, 0.4) is 0 Å². The molecule has 0 radical (unpaired) electrons. The Kier molecular flexibility index (Phi) is 2.95. The van der Waals surface area contributed by atoms with Crippen LogP contribution in [0, 0.1) is 0 Å². The highest BCUT2D eigenvalue weighted by Crippen LogP contribution is 2.10. The lowest BCUT2D eigenvalue weighted by Gasteiger charge is -1.97. The monoisotopic (exact) mass is 282 g/mol. The van der Waals surface area contributed by atoms with Gasteiger partial charge >= 0.3 is 5.97 Å². The molecule has 0 saturated heterocycles. The highest BCUT2D eigenvalue weighted by Gasteiger charge is 2.11. The van der Waals surface area contributed by atoms with Crippen molar-refractivity contribution in [1.82, 2.24) is 20.0 Å². The smallest absolute Gasteiger partial charge is 0.360 e. The average Bonchev–Trinajstić information content (AvgIpc) is 2.78. The molecule has 0 aliphatic heterocycles. The number of ether oxygens (including phenoxy) is 1. The van der Waals surface area contributed by atoms with E-state index in [-0.39, 0.29) is 5.69 Å². The van der Waals surface area contributed by atoms with Gasteiger partial charge in [0.15, 0.2) is 11.5 Å². The predicted molar refractivity (Wildman–Crippen MR) is 58.2 cm³/mol. The molecule has 2 aromatic heterocycles. The maximum absolute atomic E-state index is 11.1. The molecule has 0 fully saturated rings. The molecule has 2 heterocycles. The van der Waals surface area contributed by atoms with Crippen LogP contribution >= 0.6 is 15.9 Å². The second-order valence-electron chi connectivity index (χ2n) is 2.87. The van der Waals surface area contributed by atoms with Crippen LogP contribution in [0.1, 0.15) is 10.5 Å². The van der Waals surface area contributed by atoms with E-state index in [0.29, 0.717) is 5.82 Å². The van der Waals surface area contributed by atoms with E-state index >= 15 is 0 Å². The topological polar surface area (TPSA) is 69.9 Å². The fraction of sp³-hybridized carbons (Fsp3) is 0.111. The second-order valence-corrected chi connectivity index (χ2v) is 3.79. The molecule has 82 valence electrons. The van der Waals surface area contributed by atoms with Gasteiger partial charge in [-0.15, -0.1) is 5.10 Å². The average molecular weight is 283 g/mol. The van der Waals surface area contributed by atoms with Crippen molar-refractivity contribution in [2.45, 2.75) is 0 Å². The van der Waals surface area contributed by atoms with E-state index in [2.05, 4.69) is 36.0 Å². The molecule has 0 N–H and O–H groups in total. The summed E-state index contributed by atoms with van der Waals surface area (Å²) >= 11 is 3.28. The number of halogens is 1. The zero-order valence-corrected chi connectivity index (χ0v) is 9.88. The van der Waals surface area contributed by atoms with E-state index < -0.39 is 5.97 Å². The summed E-state index contributed by atoms with van der Waals surface area (Å²) in [6.45, 7) is 0. The molecule has 7 heteroatoms. The number of pyridine rings is 1. The summed E-state index contributed by atoms with van der Waals surface area (Å²) in [5, 5.41) is 7.45. The lowest BCUT2D eigenvalue weighted by Crippen LogP contribution is -2.01. The van der Waals surface area contributed by atoms with Gasteiger partial charge in [-0.05, 0) is 28.1 Å². The fourth-order valence-electron chi connectivity index (χ4n) is 1.08. The molecule has 0 spiro atoms. The van der Waals surface area contributed by atoms with E-state index in [1.807, 2.05) is 6.07 Å². The first-order valence-electron chi connectivity index (χ1n) is 4.33. The molecule has 6 nitrogen and oxygen atoms in total. The van der Waals surface area contributed by atoms with Crippen molar-refractivity contribution in [3.63, 3.8) is 0 Å². The molecule has 2 aromatic rings. The summed E-state index contributed by atoms with van der Waals surface area (Å²) in [6, 6.07) is 3.57. The number of methoxy groups -OCH3 is 1. The van der Waals surface area contributed by atoms with Crippen LogP contribution in [0.25, 0.3) is 5.82 Å². The van der Waals surface area contributed by atoms with Gasteiger partial charge in [0.05, 0.1) is 13.3 Å². The zero-order valence-electron chi connectivity index (χ0n) is 8.29. The summed E-state index contributed by atoms with van der Waals surface area (Å²) in [5.41, 5.74) is 0.146. The van der Waals surface area contributed by atoms with Crippen LogP contribution in [-0.2, 0) is 4.74 Å². The highest BCUT2D eigenvalue weighted by atomic mass is 79.9. The number of rotatable bonds is 2. The Balaban J connectivity index is 2.31. The molecular weight excluding hydrogens is 276 g/mol. The van der Waals surface area contributed by atoms with Crippen LogP contribution in [0.15, 0.2) is 29.0 Å². The first kappa shape index (κ1) is 10.7. The van der Waals surface area contributed by atoms with Gasteiger partial charge in [-0.3, -0.25) is 0 Å². The van der Waals surface area contributed by atoms with Crippen LogP contribution < -0.4 is 0 Å². The molecular formula is C9H7BrN4O2. The SMILES string of the molecule is COC(=O)c1cn(-c2ccc(Br)cn2)nn1. The number of hydrogen-bond acceptors (Lipinski definition) is 5. The van der Waals surface area contributed by atoms with E-state index in [1.54, 1.807) is 12.3 Å². The number of hydrogen-bond donors (Lipinski definition) is 0. The predicted octanol–water partition coefficient (Wildman–Crippen LogP) is 1.21. The summed E-state index contributed by atoms with van der Waals surface area (Å²) in [6.07, 6.45) is 3.09. The minimum absolute atomic E-state index is 0.146. The van der Waals surface area contributed by atoms with Gasteiger partial charge < -0.3 is 4.74 Å². The largest absolute Gasteiger partial charge is 0.464 e. The molecule has 0 atom stereocenters. The molecule has 2 rings (SSSR count). The van der Waals surface area contributed by atoms with Crippen molar-refractivity contribution in [2.75, 3.05) is 7.11 Å². The number of carbonyl (C=O) groups is 1. The van der Waals surface area contributed by atoms with Gasteiger partial charge in [-0.25, -0.2) is 14.5 Å². The van der Waals surface area contributed by atoms with Crippen LogP contribution in [-0.4, -0.2) is 33.1 Å². The quantitative estimate of drug-likeness (QED) is 0.775. The van der Waals surface area contributed by atoms with Crippen LogP contribution in [0.5, 0.6) is 0 Å². The third-order valence-corrected chi connectivity index (χ3v) is 2.30. The molecule has 0 unspecified atom stereocenters. The van der Waals surface area contributed by atoms with Gasteiger partial charge in [0.25, 0.3) is 0 Å². The van der Waals surface area contributed by atoms with Gasteiger partial charge in [0.1, 0.15) is 0 Å². The van der Waals surface area contributed by atoms with Gasteiger partial charge in [0, 0.05) is 10.7 Å². The Hall–Kier alpha value is -1.76. The molecule has 0 aliphatic carbocycles. The van der Waals surface area contributed by atoms with Crippen molar-refractivity contribution >= 4 is 21.9 Å². The van der Waals surface area contributed by atoms with E-state index in [1.165, 1.54) is 18.0 Å². The maximum Gasteiger partial charge on any atom is 0.360 e. The van der Waals surface area contributed by atoms with Gasteiger partial charge in [0.2, 0.25) is 0 Å². The van der Waals surface area contributed by atoms with E-state index in [0.717, 1.165) is 4.47 Å². The Morgan fingerprint density at radius 3 is 2.94 bits per heavy atom. The Morgan fingerprint density at radius 2 is 2.31 bits per heavy atom. The van der Waals surface area contributed by atoms with Crippen LogP contribution in [0.4, 0.5) is 0 Å². The van der Waals surface area contributed by atoms with Crippen LogP contribution in [0.2, 0.25) is 0 Å². The molecule has 0 aliphatic rings. The zero-order chi connectivity index (χ0) is 11.5. The van der Waals surface area contributed by atoms with Crippen molar-refractivity contribution in [2.24, 2.45) is 0 Å². The Labute approximate surface area is 99.4 Å². The summed E-state index contributed by atoms with van der Waals surface area (Å²) in [4.78, 5) is 15.3. The number of carbonyl (C=O) groups excluding carboxylic acids is 1. The Morgan fingerprint density at radius 1 is 1.50 bits per heavy atom. The lowest BCUT2D eigenvalue weighted by atomic mass is 10.4. The first-order valence-corrected chi connectivity index (χ1v) is 5.12. The normalized spacial score (nSPS) is 10.1. The third-order valence-electron chi connectivity index (χ3n) is 1.83. The standard InChI is InChI=1S/C9H7BrN4O2/c1-16-9(15)7-5-14(13-12-7)8-3-2-6(10)4-11-8/h2-5H,1H3.